The standard InChI is InChI=1S/C12H12F4N2O/c13-10-2-1-7(12(14,15)16)5-9(10)11(19)18-8-3-4-17-6-8/h1-2,5,8,17H,3-4,6H2,(H,18,19)/t8-/m1/s1. The largest absolute Gasteiger partial charge is 0.416 e. The highest BCUT2D eigenvalue weighted by Crippen LogP contribution is 2.30. The van der Waals surface area contributed by atoms with Gasteiger partial charge in [-0.1, -0.05) is 0 Å². The Balaban J connectivity index is 2.20. The molecule has 1 amide bonds. The molecule has 0 aliphatic carbocycles. The zero-order valence-electron chi connectivity index (χ0n) is 9.85. The first-order valence-electron chi connectivity index (χ1n) is 5.76. The number of carbonyl (C=O) groups is 1. The van der Waals surface area contributed by atoms with Crippen molar-refractivity contribution in [1.82, 2.24) is 10.6 Å². The Morgan fingerprint density at radius 3 is 2.68 bits per heavy atom. The minimum Gasteiger partial charge on any atom is -0.348 e. The molecule has 3 nitrogen and oxygen atoms in total. The Bertz CT molecular complexity index is 481. The van der Waals surface area contributed by atoms with Crippen LogP contribution in [0, 0.1) is 5.82 Å². The lowest BCUT2D eigenvalue weighted by atomic mass is 10.1. The highest BCUT2D eigenvalue weighted by atomic mass is 19.4. The molecular formula is C12H12F4N2O. The van der Waals surface area contributed by atoms with Gasteiger partial charge in [-0.05, 0) is 31.2 Å². The van der Waals surface area contributed by atoms with Gasteiger partial charge in [0, 0.05) is 12.6 Å². The van der Waals surface area contributed by atoms with E-state index >= 15 is 0 Å². The topological polar surface area (TPSA) is 41.1 Å². The van der Waals surface area contributed by atoms with Crippen LogP contribution in [0.25, 0.3) is 0 Å². The third-order valence-corrected chi connectivity index (χ3v) is 2.93. The van der Waals surface area contributed by atoms with Crippen LogP contribution in [0.15, 0.2) is 18.2 Å². The van der Waals surface area contributed by atoms with Gasteiger partial charge in [0.2, 0.25) is 0 Å². The summed E-state index contributed by atoms with van der Waals surface area (Å²) in [6, 6.07) is 1.63. The van der Waals surface area contributed by atoms with Gasteiger partial charge in [0.15, 0.2) is 0 Å². The van der Waals surface area contributed by atoms with E-state index in [0.29, 0.717) is 31.2 Å². The molecular weight excluding hydrogens is 264 g/mol. The fourth-order valence-corrected chi connectivity index (χ4v) is 1.92. The van der Waals surface area contributed by atoms with Crippen LogP contribution in [0.5, 0.6) is 0 Å². The van der Waals surface area contributed by atoms with E-state index in [4.69, 9.17) is 0 Å². The first-order valence-corrected chi connectivity index (χ1v) is 5.76. The molecule has 7 heteroatoms. The molecule has 1 heterocycles. The van der Waals surface area contributed by atoms with Crippen molar-refractivity contribution in [3.8, 4) is 0 Å². The molecule has 104 valence electrons. The summed E-state index contributed by atoms with van der Waals surface area (Å²) in [7, 11) is 0. The summed E-state index contributed by atoms with van der Waals surface area (Å²) in [6.45, 7) is 1.25. The smallest absolute Gasteiger partial charge is 0.348 e. The number of hydrogen-bond donors (Lipinski definition) is 2. The minimum atomic E-state index is -4.60. The van der Waals surface area contributed by atoms with E-state index in [1.165, 1.54) is 0 Å². The lowest BCUT2D eigenvalue weighted by Crippen LogP contribution is -2.36. The summed E-state index contributed by atoms with van der Waals surface area (Å²) in [4.78, 5) is 11.8. The van der Waals surface area contributed by atoms with Gasteiger partial charge in [-0.2, -0.15) is 13.2 Å². The van der Waals surface area contributed by atoms with E-state index in [1.807, 2.05) is 0 Å². The molecule has 2 rings (SSSR count). The molecule has 0 radical (unpaired) electrons. The van der Waals surface area contributed by atoms with Crippen molar-refractivity contribution in [1.29, 1.82) is 0 Å². The Kier molecular flexibility index (Phi) is 3.75. The van der Waals surface area contributed by atoms with Crippen LogP contribution in [-0.2, 0) is 6.18 Å². The van der Waals surface area contributed by atoms with Crippen LogP contribution in [0.4, 0.5) is 17.6 Å². The molecule has 1 aliphatic rings. The van der Waals surface area contributed by atoms with E-state index in [2.05, 4.69) is 10.6 Å². The molecule has 2 N–H and O–H groups in total. The van der Waals surface area contributed by atoms with Crippen molar-refractivity contribution in [2.45, 2.75) is 18.6 Å². The summed E-state index contributed by atoms with van der Waals surface area (Å²) >= 11 is 0. The molecule has 1 saturated heterocycles. The average Bonchev–Trinajstić information content (AvgIpc) is 2.80. The number of alkyl halides is 3. The van der Waals surface area contributed by atoms with Gasteiger partial charge < -0.3 is 10.6 Å². The van der Waals surface area contributed by atoms with E-state index in [0.717, 1.165) is 6.54 Å². The monoisotopic (exact) mass is 276 g/mol. The van der Waals surface area contributed by atoms with Gasteiger partial charge in [-0.15, -0.1) is 0 Å². The van der Waals surface area contributed by atoms with Crippen molar-refractivity contribution >= 4 is 5.91 Å². The number of nitrogens with one attached hydrogen (secondary N) is 2. The minimum absolute atomic E-state index is 0.179. The second-order valence-corrected chi connectivity index (χ2v) is 4.36. The Morgan fingerprint density at radius 1 is 1.37 bits per heavy atom. The first-order chi connectivity index (χ1) is 8.88. The molecule has 1 atom stereocenters. The van der Waals surface area contributed by atoms with Crippen LogP contribution >= 0.6 is 0 Å². The number of halogens is 4. The summed E-state index contributed by atoms with van der Waals surface area (Å²) in [5, 5.41) is 5.50. The maximum absolute atomic E-state index is 13.4. The fourth-order valence-electron chi connectivity index (χ4n) is 1.92. The van der Waals surface area contributed by atoms with E-state index in [-0.39, 0.29) is 6.04 Å². The van der Waals surface area contributed by atoms with Crippen LogP contribution < -0.4 is 10.6 Å². The Morgan fingerprint density at radius 2 is 2.11 bits per heavy atom. The molecule has 1 fully saturated rings. The zero-order chi connectivity index (χ0) is 14.0. The normalized spacial score (nSPS) is 19.5. The molecule has 0 saturated carbocycles. The second kappa shape index (κ2) is 5.16. The third-order valence-electron chi connectivity index (χ3n) is 2.93. The quantitative estimate of drug-likeness (QED) is 0.810. The van der Waals surface area contributed by atoms with Gasteiger partial charge in [0.05, 0.1) is 11.1 Å². The molecule has 0 spiro atoms. The van der Waals surface area contributed by atoms with Crippen LogP contribution in [0.3, 0.4) is 0 Å². The van der Waals surface area contributed by atoms with Crippen LogP contribution in [-0.4, -0.2) is 25.0 Å². The molecule has 1 aromatic rings. The maximum atomic E-state index is 13.4. The van der Waals surface area contributed by atoms with Crippen molar-refractivity contribution in [2.75, 3.05) is 13.1 Å². The van der Waals surface area contributed by atoms with Crippen LogP contribution in [0.2, 0.25) is 0 Å². The number of benzene rings is 1. The maximum Gasteiger partial charge on any atom is 0.416 e. The lowest BCUT2D eigenvalue weighted by molar-refractivity contribution is -0.137. The van der Waals surface area contributed by atoms with Crippen molar-refractivity contribution < 1.29 is 22.4 Å². The molecule has 1 aliphatic heterocycles. The predicted octanol–water partition coefficient (Wildman–Crippen LogP) is 1.94. The number of amides is 1. The van der Waals surface area contributed by atoms with Crippen molar-refractivity contribution in [3.63, 3.8) is 0 Å². The predicted molar refractivity (Wildman–Crippen MR) is 60.1 cm³/mol. The first kappa shape index (κ1) is 13.8. The molecule has 0 bridgehead atoms. The van der Waals surface area contributed by atoms with Gasteiger partial charge in [-0.25, -0.2) is 4.39 Å². The van der Waals surface area contributed by atoms with Gasteiger partial charge in [0.25, 0.3) is 5.91 Å². The molecule has 0 aromatic heterocycles. The van der Waals surface area contributed by atoms with Crippen molar-refractivity contribution in [3.05, 3.63) is 35.1 Å². The van der Waals surface area contributed by atoms with Crippen molar-refractivity contribution in [2.24, 2.45) is 0 Å². The van der Waals surface area contributed by atoms with E-state index in [9.17, 15) is 22.4 Å². The SMILES string of the molecule is O=C(N[C@@H]1CCNC1)c1cc(C(F)(F)F)ccc1F. The van der Waals surface area contributed by atoms with E-state index < -0.39 is 29.0 Å². The molecule has 1 aromatic carbocycles. The summed E-state index contributed by atoms with van der Waals surface area (Å²) in [6.07, 6.45) is -3.93. The Labute approximate surface area is 107 Å². The zero-order valence-corrected chi connectivity index (χ0v) is 9.85. The lowest BCUT2D eigenvalue weighted by Gasteiger charge is -2.13. The third kappa shape index (κ3) is 3.23. The summed E-state index contributed by atoms with van der Waals surface area (Å²) < 4.78 is 50.9. The highest BCUT2D eigenvalue weighted by molar-refractivity contribution is 5.94. The van der Waals surface area contributed by atoms with Gasteiger partial charge in [-0.3, -0.25) is 4.79 Å². The number of rotatable bonds is 2. The number of hydrogen-bond acceptors (Lipinski definition) is 2. The fraction of sp³-hybridized carbons (Fsp3) is 0.417. The highest BCUT2D eigenvalue weighted by Gasteiger charge is 2.32. The molecule has 0 unspecified atom stereocenters. The van der Waals surface area contributed by atoms with E-state index in [1.54, 1.807) is 0 Å². The number of carbonyl (C=O) groups excluding carboxylic acids is 1. The van der Waals surface area contributed by atoms with Gasteiger partial charge >= 0.3 is 6.18 Å². The molecule has 19 heavy (non-hydrogen) atoms. The van der Waals surface area contributed by atoms with Gasteiger partial charge in [0.1, 0.15) is 5.82 Å². The average molecular weight is 276 g/mol. The van der Waals surface area contributed by atoms with Crippen LogP contribution in [0.1, 0.15) is 22.3 Å². The summed E-state index contributed by atoms with van der Waals surface area (Å²) in [5.41, 5.74) is -1.62. The summed E-state index contributed by atoms with van der Waals surface area (Å²) in [5.74, 6) is -1.78. The second-order valence-electron chi connectivity index (χ2n) is 4.36. The Hall–Kier alpha value is -1.63.